The molecule has 0 unspecified atom stereocenters. The van der Waals surface area contributed by atoms with Crippen LogP contribution < -0.4 is 5.73 Å². The average molecular weight is 123 g/mol. The predicted molar refractivity (Wildman–Crippen MR) is 30.4 cm³/mol. The summed E-state index contributed by atoms with van der Waals surface area (Å²) in [6.45, 7) is -5.25. The summed E-state index contributed by atoms with van der Waals surface area (Å²) in [4.78, 5) is 10.4. The molecule has 0 aromatic heterocycles. The smallest absolute Gasteiger partial charge is 0.320 e. The molecule has 0 saturated heterocycles. The van der Waals surface area contributed by atoms with Crippen LogP contribution in [0.4, 0.5) is 0 Å². The first kappa shape index (κ1) is 1.99. The Kier molecular flexibility index (Phi) is 0.663. The van der Waals surface area contributed by atoms with Gasteiger partial charge in [-0.05, 0) is 5.89 Å². The number of carboxylic acid groups (broad SMARTS) is 1. The lowest BCUT2D eigenvalue weighted by atomic mass is 10.1. The third-order valence-corrected chi connectivity index (χ3v) is 0.601. The Bertz CT molecular complexity index is 229. The van der Waals surface area contributed by atoms with E-state index in [1.807, 2.05) is 0 Å². The SMILES string of the molecule is [2H]C([2H])[C@@]([2H])([C@H](N)C(=O)O)C([2H])([2H])[2H]. The van der Waals surface area contributed by atoms with E-state index < -0.39 is 31.6 Å². The molecule has 0 aliphatic rings. The van der Waals surface area contributed by atoms with Crippen molar-refractivity contribution in [3.05, 3.63) is 0 Å². The lowest BCUT2D eigenvalue weighted by molar-refractivity contribution is -0.139. The molecule has 0 heterocycles. The second kappa shape index (κ2) is 2.67. The molecule has 0 saturated carbocycles. The molecule has 0 aromatic rings. The van der Waals surface area contributed by atoms with Crippen molar-refractivity contribution in [1.82, 2.24) is 0 Å². The molecule has 0 fully saturated rings. The number of nitrogens with two attached hydrogens (primary N) is 1. The van der Waals surface area contributed by atoms with Crippen molar-refractivity contribution >= 4 is 5.97 Å². The zero-order valence-corrected chi connectivity index (χ0v) is 4.09. The average Bonchev–Trinajstić information content (AvgIpc) is 1.98. The number of carboxylic acids is 1. The van der Waals surface area contributed by atoms with Crippen molar-refractivity contribution in [3.8, 4) is 0 Å². The largest absolute Gasteiger partial charge is 0.480 e. The van der Waals surface area contributed by atoms with Crippen LogP contribution in [-0.2, 0) is 4.79 Å². The van der Waals surface area contributed by atoms with Crippen LogP contribution in [0.25, 0.3) is 0 Å². The minimum absolute atomic E-state index is 1.71. The van der Waals surface area contributed by atoms with E-state index in [0.717, 1.165) is 0 Å². The summed E-state index contributed by atoms with van der Waals surface area (Å²) in [6, 6.07) is -2.09. The first-order chi connectivity index (χ1) is 6.05. The van der Waals surface area contributed by atoms with Crippen molar-refractivity contribution < 1.29 is 18.1 Å². The molecule has 3 nitrogen and oxygen atoms in total. The first-order valence-corrected chi connectivity index (χ1v) is 1.88. The molecule has 0 radical (unpaired) electrons. The Labute approximate surface area is 56.9 Å². The summed E-state index contributed by atoms with van der Waals surface area (Å²) >= 11 is 0. The quantitative estimate of drug-likeness (QED) is 0.545. The third-order valence-electron chi connectivity index (χ3n) is 0.601. The Morgan fingerprint density at radius 1 is 2.12 bits per heavy atom. The van der Waals surface area contributed by atoms with Gasteiger partial charge in [0.05, 0.1) is 0 Å². The number of rotatable bonds is 2. The van der Waals surface area contributed by atoms with Crippen LogP contribution in [0.3, 0.4) is 0 Å². The van der Waals surface area contributed by atoms with E-state index in [2.05, 4.69) is 0 Å². The van der Waals surface area contributed by atoms with Crippen LogP contribution in [0.1, 0.15) is 22.0 Å². The number of aliphatic carboxylic acids is 1. The van der Waals surface area contributed by atoms with Crippen LogP contribution in [-0.4, -0.2) is 17.1 Å². The highest BCUT2D eigenvalue weighted by Crippen LogP contribution is 1.96. The number of hydrogen-bond donors (Lipinski definition) is 2. The summed E-state index contributed by atoms with van der Waals surface area (Å²) in [7, 11) is 0. The summed E-state index contributed by atoms with van der Waals surface area (Å²) in [5.74, 6) is -4.53. The monoisotopic (exact) mass is 123 g/mol. The normalized spacial score (nSPS) is 34.2. The summed E-state index contributed by atoms with van der Waals surface area (Å²) in [5, 5.41) is 8.47. The highest BCUT2D eigenvalue weighted by Gasteiger charge is 2.14. The van der Waals surface area contributed by atoms with Gasteiger partial charge in [-0.25, -0.2) is 0 Å². The highest BCUT2D eigenvalue weighted by atomic mass is 16.4. The molecule has 0 spiro atoms. The molecule has 0 bridgehead atoms. The number of carbonyl (C=O) groups is 1. The highest BCUT2D eigenvalue weighted by molar-refractivity contribution is 5.73. The molecular weight excluding hydrogens is 106 g/mol. The van der Waals surface area contributed by atoms with Crippen molar-refractivity contribution in [3.63, 3.8) is 0 Å². The second-order valence-corrected chi connectivity index (χ2v) is 1.27. The minimum atomic E-state index is -3.08. The number of hydrogen-bond acceptors (Lipinski definition) is 2. The molecule has 0 aliphatic carbocycles. The fourth-order valence-electron chi connectivity index (χ4n) is 0.133. The van der Waals surface area contributed by atoms with Gasteiger partial charge in [-0.1, -0.05) is 13.7 Å². The van der Waals surface area contributed by atoms with Crippen LogP contribution in [0, 0.1) is 5.89 Å². The molecule has 48 valence electrons. The van der Waals surface area contributed by atoms with E-state index in [-0.39, 0.29) is 0 Å². The van der Waals surface area contributed by atoms with E-state index in [1.165, 1.54) is 0 Å². The Morgan fingerprint density at radius 3 is 2.88 bits per heavy atom. The van der Waals surface area contributed by atoms with E-state index in [0.29, 0.717) is 0 Å². The molecule has 2 atom stereocenters. The van der Waals surface area contributed by atoms with Gasteiger partial charge in [0.2, 0.25) is 0 Å². The molecule has 3 heteroatoms. The Morgan fingerprint density at radius 2 is 2.75 bits per heavy atom. The van der Waals surface area contributed by atoms with E-state index in [4.69, 9.17) is 19.1 Å². The van der Waals surface area contributed by atoms with Gasteiger partial charge in [0.1, 0.15) is 6.04 Å². The van der Waals surface area contributed by atoms with Crippen molar-refractivity contribution in [2.75, 3.05) is 0 Å². The topological polar surface area (TPSA) is 63.3 Å². The lowest BCUT2D eigenvalue weighted by Crippen LogP contribution is -2.34. The summed E-state index contributed by atoms with van der Waals surface area (Å²) in [5.41, 5.74) is 5.00. The van der Waals surface area contributed by atoms with Gasteiger partial charge in [-0.15, -0.1) is 0 Å². The van der Waals surface area contributed by atoms with Gasteiger partial charge in [0.15, 0.2) is 0 Å². The maximum atomic E-state index is 10.4. The first-order valence-electron chi connectivity index (χ1n) is 5.03. The zero-order valence-electron chi connectivity index (χ0n) is 10.1. The Balaban J connectivity index is 5.22. The fourth-order valence-corrected chi connectivity index (χ4v) is 0.133. The zero-order chi connectivity index (χ0) is 11.7. The van der Waals surface area contributed by atoms with Gasteiger partial charge in [0, 0.05) is 8.22 Å². The summed E-state index contributed by atoms with van der Waals surface area (Å²) in [6.07, 6.45) is 0. The molecule has 0 rings (SSSR count). The second-order valence-electron chi connectivity index (χ2n) is 1.27. The third kappa shape index (κ3) is 1.93. The molecule has 3 N–H and O–H groups in total. The maximum Gasteiger partial charge on any atom is 0.320 e. The van der Waals surface area contributed by atoms with Gasteiger partial charge in [-0.2, -0.15) is 0 Å². The van der Waals surface area contributed by atoms with Crippen LogP contribution >= 0.6 is 0 Å². The van der Waals surface area contributed by atoms with Crippen molar-refractivity contribution in [1.29, 1.82) is 0 Å². The van der Waals surface area contributed by atoms with E-state index in [9.17, 15) is 4.79 Å². The summed E-state index contributed by atoms with van der Waals surface area (Å²) < 4.78 is 41.8. The Hall–Kier alpha value is -0.570. The van der Waals surface area contributed by atoms with E-state index in [1.54, 1.807) is 0 Å². The van der Waals surface area contributed by atoms with Crippen LogP contribution in [0.2, 0.25) is 0 Å². The van der Waals surface area contributed by atoms with Gasteiger partial charge >= 0.3 is 5.97 Å². The molecule has 8 heavy (non-hydrogen) atoms. The standard InChI is InChI=1S/C5H11NO2/c1-3(2)4(6)5(7)8/h3-4H,6H2,1-2H3,(H,7,8)/t4-/m0/s1/i1D2,2D3,3D/t3-,4+/m1. The van der Waals surface area contributed by atoms with Gasteiger partial charge in [0.25, 0.3) is 0 Å². The van der Waals surface area contributed by atoms with Crippen LogP contribution in [0.5, 0.6) is 0 Å². The van der Waals surface area contributed by atoms with Gasteiger partial charge < -0.3 is 10.8 Å². The van der Waals surface area contributed by atoms with Crippen molar-refractivity contribution in [2.24, 2.45) is 11.6 Å². The maximum absolute atomic E-state index is 10.4. The fraction of sp³-hybridized carbons (Fsp3) is 0.800. The van der Waals surface area contributed by atoms with Crippen molar-refractivity contribution in [2.45, 2.75) is 19.8 Å². The molecule has 0 aliphatic heterocycles. The minimum Gasteiger partial charge on any atom is -0.480 e. The lowest BCUT2D eigenvalue weighted by Gasteiger charge is -2.07. The van der Waals surface area contributed by atoms with Crippen LogP contribution in [0.15, 0.2) is 0 Å². The molecule has 0 aromatic carbocycles. The van der Waals surface area contributed by atoms with Gasteiger partial charge in [-0.3, -0.25) is 4.79 Å². The van der Waals surface area contributed by atoms with E-state index >= 15 is 0 Å². The molecule has 0 amide bonds. The predicted octanol–water partition coefficient (Wildman–Crippen LogP) is 0.0543. The molecular formula is C5H11NO2.